The summed E-state index contributed by atoms with van der Waals surface area (Å²) < 4.78 is 4.75. The van der Waals surface area contributed by atoms with E-state index < -0.39 is 5.97 Å². The molecule has 1 heterocycles. The fraction of sp³-hybridized carbons (Fsp3) is 0.150. The molecular formula is C20H19ClN4O2. The Balaban J connectivity index is 1.79. The van der Waals surface area contributed by atoms with Gasteiger partial charge in [-0.1, -0.05) is 41.9 Å². The molecule has 0 saturated carbocycles. The lowest BCUT2D eigenvalue weighted by Gasteiger charge is -2.19. The van der Waals surface area contributed by atoms with Gasteiger partial charge in [0.05, 0.1) is 23.4 Å². The summed E-state index contributed by atoms with van der Waals surface area (Å²) in [4.78, 5) is 22.3. The lowest BCUT2D eigenvalue weighted by molar-refractivity contribution is 0.0601. The standard InChI is InChI=1S/C20H19ClN4O2/c1-25(12-14-6-4-3-5-7-14)19-11-18(22-13-23-19)24-17-10-15(20(26)27-2)8-9-16(17)21/h3-11,13H,12H2,1-2H3,(H,22,23,24). The first-order valence-corrected chi connectivity index (χ1v) is 8.66. The van der Waals surface area contributed by atoms with Crippen LogP contribution in [0.25, 0.3) is 0 Å². The summed E-state index contributed by atoms with van der Waals surface area (Å²) >= 11 is 6.24. The number of esters is 1. The molecule has 0 aliphatic heterocycles. The highest BCUT2D eigenvalue weighted by atomic mass is 35.5. The zero-order chi connectivity index (χ0) is 19.2. The van der Waals surface area contributed by atoms with Gasteiger partial charge >= 0.3 is 5.97 Å². The van der Waals surface area contributed by atoms with Gasteiger partial charge in [-0.15, -0.1) is 0 Å². The van der Waals surface area contributed by atoms with E-state index in [1.165, 1.54) is 19.0 Å². The second kappa shape index (κ2) is 8.51. The van der Waals surface area contributed by atoms with Gasteiger partial charge in [0.2, 0.25) is 0 Å². The molecule has 6 nitrogen and oxygen atoms in total. The molecule has 0 unspecified atom stereocenters. The molecule has 0 aliphatic carbocycles. The molecular weight excluding hydrogens is 364 g/mol. The first kappa shape index (κ1) is 18.7. The quantitative estimate of drug-likeness (QED) is 0.641. The summed E-state index contributed by atoms with van der Waals surface area (Å²) in [5.41, 5.74) is 2.15. The van der Waals surface area contributed by atoms with Crippen LogP contribution in [0.4, 0.5) is 17.3 Å². The monoisotopic (exact) mass is 382 g/mol. The number of rotatable bonds is 6. The third kappa shape index (κ3) is 4.74. The van der Waals surface area contributed by atoms with E-state index in [4.69, 9.17) is 16.3 Å². The summed E-state index contributed by atoms with van der Waals surface area (Å²) in [5, 5.41) is 3.61. The van der Waals surface area contributed by atoms with Crippen molar-refractivity contribution in [2.75, 3.05) is 24.4 Å². The van der Waals surface area contributed by atoms with E-state index in [0.29, 0.717) is 22.1 Å². The van der Waals surface area contributed by atoms with E-state index in [9.17, 15) is 4.79 Å². The minimum absolute atomic E-state index is 0.403. The summed E-state index contributed by atoms with van der Waals surface area (Å²) in [6.07, 6.45) is 1.48. The SMILES string of the molecule is COC(=O)c1ccc(Cl)c(Nc2cc(N(C)Cc3ccccc3)ncn2)c1. The fourth-order valence-corrected chi connectivity index (χ4v) is 2.73. The number of carbonyl (C=O) groups is 1. The van der Waals surface area contributed by atoms with Gasteiger partial charge in [0.25, 0.3) is 0 Å². The number of halogens is 1. The number of methoxy groups -OCH3 is 1. The van der Waals surface area contributed by atoms with Gasteiger partial charge in [-0.05, 0) is 23.8 Å². The third-order valence-corrected chi connectivity index (χ3v) is 4.29. The number of carbonyl (C=O) groups excluding carboxylic acids is 1. The molecule has 0 bridgehead atoms. The van der Waals surface area contributed by atoms with Crippen LogP contribution in [0.5, 0.6) is 0 Å². The molecule has 1 aromatic heterocycles. The fourth-order valence-electron chi connectivity index (χ4n) is 2.57. The topological polar surface area (TPSA) is 67.3 Å². The molecule has 1 N–H and O–H groups in total. The van der Waals surface area contributed by atoms with Crippen molar-refractivity contribution in [3.8, 4) is 0 Å². The molecule has 0 radical (unpaired) electrons. The van der Waals surface area contributed by atoms with Crippen molar-refractivity contribution >= 4 is 34.9 Å². The van der Waals surface area contributed by atoms with Gasteiger partial charge in [0, 0.05) is 19.7 Å². The average Bonchev–Trinajstić information content (AvgIpc) is 2.70. The zero-order valence-corrected chi connectivity index (χ0v) is 15.8. The van der Waals surface area contributed by atoms with Crippen LogP contribution in [0.3, 0.4) is 0 Å². The number of benzene rings is 2. The van der Waals surface area contributed by atoms with Crippen LogP contribution >= 0.6 is 11.6 Å². The zero-order valence-electron chi connectivity index (χ0n) is 15.0. The Kier molecular flexibility index (Phi) is 5.88. The number of nitrogens with zero attached hydrogens (tertiary/aromatic N) is 3. The van der Waals surface area contributed by atoms with Crippen molar-refractivity contribution in [1.82, 2.24) is 9.97 Å². The molecule has 0 saturated heterocycles. The van der Waals surface area contributed by atoms with E-state index in [1.807, 2.05) is 36.2 Å². The number of nitrogens with one attached hydrogen (secondary N) is 1. The minimum atomic E-state index is -0.430. The van der Waals surface area contributed by atoms with Crippen molar-refractivity contribution in [3.05, 3.63) is 77.1 Å². The second-order valence-electron chi connectivity index (χ2n) is 5.91. The molecule has 3 aromatic rings. The highest BCUT2D eigenvalue weighted by Crippen LogP contribution is 2.27. The molecule has 138 valence electrons. The molecule has 0 spiro atoms. The predicted molar refractivity (Wildman–Crippen MR) is 107 cm³/mol. The maximum atomic E-state index is 11.7. The van der Waals surface area contributed by atoms with Crippen molar-refractivity contribution in [2.45, 2.75) is 6.54 Å². The lowest BCUT2D eigenvalue weighted by Crippen LogP contribution is -2.18. The first-order valence-electron chi connectivity index (χ1n) is 8.29. The Hall–Kier alpha value is -3.12. The third-order valence-electron chi connectivity index (χ3n) is 3.96. The summed E-state index contributed by atoms with van der Waals surface area (Å²) in [6.45, 7) is 0.718. The number of anilines is 3. The van der Waals surface area contributed by atoms with Gasteiger partial charge < -0.3 is 15.0 Å². The Morgan fingerprint density at radius 2 is 1.93 bits per heavy atom. The molecule has 2 aromatic carbocycles. The second-order valence-corrected chi connectivity index (χ2v) is 6.32. The van der Waals surface area contributed by atoms with Crippen LogP contribution in [0.1, 0.15) is 15.9 Å². The summed E-state index contributed by atoms with van der Waals surface area (Å²) in [5.74, 6) is 0.904. The van der Waals surface area contributed by atoms with E-state index in [0.717, 1.165) is 12.4 Å². The number of aromatic nitrogens is 2. The van der Waals surface area contributed by atoms with E-state index in [1.54, 1.807) is 18.2 Å². The largest absolute Gasteiger partial charge is 0.465 e. The van der Waals surface area contributed by atoms with Crippen LogP contribution in [-0.4, -0.2) is 30.1 Å². The van der Waals surface area contributed by atoms with Crippen molar-refractivity contribution in [2.24, 2.45) is 0 Å². The maximum Gasteiger partial charge on any atom is 0.337 e. The number of hydrogen-bond acceptors (Lipinski definition) is 6. The van der Waals surface area contributed by atoms with Gasteiger partial charge in [-0.25, -0.2) is 14.8 Å². The Labute approximate surface area is 162 Å². The molecule has 27 heavy (non-hydrogen) atoms. The smallest absolute Gasteiger partial charge is 0.337 e. The molecule has 7 heteroatoms. The molecule has 0 amide bonds. The first-order chi connectivity index (χ1) is 13.1. The van der Waals surface area contributed by atoms with Crippen LogP contribution in [0.15, 0.2) is 60.9 Å². The summed E-state index contributed by atoms with van der Waals surface area (Å²) in [7, 11) is 3.30. The Bertz CT molecular complexity index is 934. The minimum Gasteiger partial charge on any atom is -0.465 e. The Morgan fingerprint density at radius 3 is 2.67 bits per heavy atom. The van der Waals surface area contributed by atoms with Crippen LogP contribution in [0, 0.1) is 0 Å². The predicted octanol–water partition coefficient (Wildman–Crippen LogP) is 4.30. The summed E-state index contributed by atoms with van der Waals surface area (Å²) in [6, 6.07) is 16.8. The highest BCUT2D eigenvalue weighted by molar-refractivity contribution is 6.33. The van der Waals surface area contributed by atoms with Crippen molar-refractivity contribution in [3.63, 3.8) is 0 Å². The van der Waals surface area contributed by atoms with E-state index >= 15 is 0 Å². The van der Waals surface area contributed by atoms with Crippen LogP contribution < -0.4 is 10.2 Å². The van der Waals surface area contributed by atoms with Crippen molar-refractivity contribution < 1.29 is 9.53 Å². The molecule has 3 rings (SSSR count). The average molecular weight is 383 g/mol. The lowest BCUT2D eigenvalue weighted by atomic mass is 10.2. The molecule has 0 atom stereocenters. The van der Waals surface area contributed by atoms with Gasteiger partial charge in [0.15, 0.2) is 0 Å². The molecule has 0 fully saturated rings. The van der Waals surface area contributed by atoms with E-state index in [2.05, 4.69) is 27.4 Å². The molecule has 0 aliphatic rings. The van der Waals surface area contributed by atoms with Crippen LogP contribution in [-0.2, 0) is 11.3 Å². The maximum absolute atomic E-state index is 11.7. The van der Waals surface area contributed by atoms with Gasteiger partial charge in [-0.2, -0.15) is 0 Å². The van der Waals surface area contributed by atoms with Gasteiger partial charge in [-0.3, -0.25) is 0 Å². The van der Waals surface area contributed by atoms with Gasteiger partial charge in [0.1, 0.15) is 18.0 Å². The Morgan fingerprint density at radius 1 is 1.15 bits per heavy atom. The normalized spacial score (nSPS) is 10.3. The van der Waals surface area contributed by atoms with E-state index in [-0.39, 0.29) is 0 Å². The van der Waals surface area contributed by atoms with Crippen LogP contribution in [0.2, 0.25) is 5.02 Å². The number of ether oxygens (including phenoxy) is 1. The number of hydrogen-bond donors (Lipinski definition) is 1. The van der Waals surface area contributed by atoms with Crippen molar-refractivity contribution in [1.29, 1.82) is 0 Å². The highest BCUT2D eigenvalue weighted by Gasteiger charge is 2.11.